The van der Waals surface area contributed by atoms with Crippen LogP contribution in [0.1, 0.15) is 37.6 Å². The molecule has 138 valence electrons. The fourth-order valence-electron chi connectivity index (χ4n) is 2.98. The normalized spacial score (nSPS) is 17.7. The van der Waals surface area contributed by atoms with Gasteiger partial charge in [0.15, 0.2) is 0 Å². The van der Waals surface area contributed by atoms with Crippen LogP contribution in [-0.4, -0.2) is 60.4 Å². The average molecular weight is 366 g/mol. The molecule has 1 atom stereocenters. The summed E-state index contributed by atoms with van der Waals surface area (Å²) in [6, 6.07) is 3.56. The summed E-state index contributed by atoms with van der Waals surface area (Å²) in [7, 11) is 3.90. The third kappa shape index (κ3) is 4.01. The van der Waals surface area contributed by atoms with Gasteiger partial charge in [0.1, 0.15) is 12.1 Å². The smallest absolute Gasteiger partial charge is 0.325 e. The molecule has 1 fully saturated rings. The number of hydrogen-bond donors (Lipinski definition) is 2. The fraction of sp³-hybridized carbons (Fsp3) is 0.588. The fourth-order valence-corrected chi connectivity index (χ4v) is 3.90. The van der Waals surface area contributed by atoms with Crippen molar-refractivity contribution in [1.29, 1.82) is 0 Å². The topological polar surface area (TPSA) is 81.8 Å². The molecule has 2 N–H and O–H groups in total. The maximum atomic E-state index is 12.5. The molecule has 1 unspecified atom stereocenters. The highest BCUT2D eigenvalue weighted by molar-refractivity contribution is 7.10. The molecule has 4 amide bonds. The zero-order chi connectivity index (χ0) is 18.6. The Kier molecular flexibility index (Phi) is 6.18. The van der Waals surface area contributed by atoms with Crippen molar-refractivity contribution in [3.05, 3.63) is 22.4 Å². The predicted octanol–water partition coefficient (Wildman–Crippen LogP) is 1.58. The number of thiophene rings is 1. The zero-order valence-corrected chi connectivity index (χ0v) is 16.0. The number of nitrogens with one attached hydrogen (secondary N) is 2. The molecule has 1 aromatic rings. The van der Waals surface area contributed by atoms with E-state index in [1.54, 1.807) is 11.3 Å². The van der Waals surface area contributed by atoms with Crippen molar-refractivity contribution in [3.63, 3.8) is 0 Å². The molecule has 1 saturated heterocycles. The maximum absolute atomic E-state index is 12.5. The highest BCUT2D eigenvalue weighted by atomic mass is 32.1. The van der Waals surface area contributed by atoms with Gasteiger partial charge in [0.25, 0.3) is 5.91 Å². The van der Waals surface area contributed by atoms with Gasteiger partial charge in [0, 0.05) is 11.4 Å². The highest BCUT2D eigenvalue weighted by Crippen LogP contribution is 2.25. The lowest BCUT2D eigenvalue weighted by atomic mass is 9.93. The van der Waals surface area contributed by atoms with E-state index in [0.29, 0.717) is 19.4 Å². The number of carbonyl (C=O) groups excluding carboxylic acids is 3. The van der Waals surface area contributed by atoms with E-state index in [1.807, 2.05) is 50.4 Å². The quantitative estimate of drug-likeness (QED) is 0.685. The molecule has 25 heavy (non-hydrogen) atoms. The van der Waals surface area contributed by atoms with Gasteiger partial charge in [0.05, 0.1) is 6.04 Å². The van der Waals surface area contributed by atoms with Gasteiger partial charge in [-0.2, -0.15) is 0 Å². The molecule has 0 saturated carbocycles. The standard InChI is InChI=1S/C17H26N4O3S/c1-5-17(6-2)15(23)21(16(24)19-17)11-14(22)18-10-12(20(3)4)13-8-7-9-25-13/h7-9,12H,5-6,10-11H2,1-4H3,(H,18,22)(H,19,24). The van der Waals surface area contributed by atoms with Gasteiger partial charge < -0.3 is 15.5 Å². The minimum absolute atomic E-state index is 0.0532. The summed E-state index contributed by atoms with van der Waals surface area (Å²) in [5, 5.41) is 7.56. The van der Waals surface area contributed by atoms with E-state index in [-0.39, 0.29) is 24.4 Å². The van der Waals surface area contributed by atoms with Crippen LogP contribution in [0.2, 0.25) is 0 Å². The number of carbonyl (C=O) groups is 3. The summed E-state index contributed by atoms with van der Waals surface area (Å²) >= 11 is 1.63. The van der Waals surface area contributed by atoms with Crippen LogP contribution >= 0.6 is 11.3 Å². The lowest BCUT2D eigenvalue weighted by Gasteiger charge is -2.24. The first kappa shape index (κ1) is 19.4. The molecule has 1 aliphatic heterocycles. The Labute approximate surface area is 152 Å². The van der Waals surface area contributed by atoms with E-state index in [9.17, 15) is 14.4 Å². The Bertz CT molecular complexity index is 626. The van der Waals surface area contributed by atoms with Gasteiger partial charge >= 0.3 is 6.03 Å². The van der Waals surface area contributed by atoms with Crippen molar-refractivity contribution in [2.45, 2.75) is 38.3 Å². The molecule has 0 aliphatic carbocycles. The maximum Gasteiger partial charge on any atom is 0.325 e. The zero-order valence-electron chi connectivity index (χ0n) is 15.2. The van der Waals surface area contributed by atoms with Gasteiger partial charge in [-0.1, -0.05) is 19.9 Å². The summed E-state index contributed by atoms with van der Waals surface area (Å²) in [4.78, 5) is 41.1. The molecule has 0 radical (unpaired) electrons. The van der Waals surface area contributed by atoms with E-state index >= 15 is 0 Å². The van der Waals surface area contributed by atoms with Crippen molar-refractivity contribution < 1.29 is 14.4 Å². The minimum atomic E-state index is -0.875. The summed E-state index contributed by atoms with van der Waals surface area (Å²) in [5.41, 5.74) is -0.875. The number of urea groups is 1. The average Bonchev–Trinajstić information content (AvgIpc) is 3.17. The van der Waals surface area contributed by atoms with Crippen LogP contribution in [0.4, 0.5) is 4.79 Å². The molecular weight excluding hydrogens is 340 g/mol. The third-order valence-corrected chi connectivity index (χ3v) is 5.72. The van der Waals surface area contributed by atoms with Gasteiger partial charge in [-0.3, -0.25) is 14.5 Å². The molecule has 2 heterocycles. The van der Waals surface area contributed by atoms with E-state index in [0.717, 1.165) is 9.78 Å². The second kappa shape index (κ2) is 7.97. The van der Waals surface area contributed by atoms with Crippen LogP contribution in [0.25, 0.3) is 0 Å². The predicted molar refractivity (Wildman–Crippen MR) is 97.3 cm³/mol. The summed E-state index contributed by atoms with van der Waals surface area (Å²) in [5.74, 6) is -0.657. The van der Waals surface area contributed by atoms with Crippen molar-refractivity contribution in [2.24, 2.45) is 0 Å². The van der Waals surface area contributed by atoms with Crippen LogP contribution in [0.3, 0.4) is 0 Å². The summed E-state index contributed by atoms with van der Waals surface area (Å²) < 4.78 is 0. The van der Waals surface area contributed by atoms with E-state index < -0.39 is 11.6 Å². The molecule has 1 aliphatic rings. The number of nitrogens with zero attached hydrogens (tertiary/aromatic N) is 2. The number of likely N-dealkylation sites (N-methyl/N-ethyl adjacent to an activating group) is 1. The molecular formula is C17H26N4O3S. The van der Waals surface area contributed by atoms with Crippen LogP contribution < -0.4 is 10.6 Å². The summed E-state index contributed by atoms with van der Waals surface area (Å²) in [6.07, 6.45) is 1.01. The van der Waals surface area contributed by atoms with Gasteiger partial charge in [-0.15, -0.1) is 11.3 Å². The number of rotatable bonds is 8. The second-order valence-electron chi connectivity index (χ2n) is 6.41. The Hall–Kier alpha value is -1.93. The van der Waals surface area contributed by atoms with Crippen LogP contribution in [0, 0.1) is 0 Å². The molecule has 0 spiro atoms. The number of amides is 4. The largest absolute Gasteiger partial charge is 0.353 e. The minimum Gasteiger partial charge on any atom is -0.353 e. The Morgan fingerprint density at radius 1 is 1.36 bits per heavy atom. The van der Waals surface area contributed by atoms with Crippen molar-refractivity contribution in [1.82, 2.24) is 20.4 Å². The van der Waals surface area contributed by atoms with E-state index in [1.165, 1.54) is 0 Å². The SMILES string of the molecule is CCC1(CC)NC(=O)N(CC(=O)NCC(c2cccs2)N(C)C)C1=O. The lowest BCUT2D eigenvalue weighted by Crippen LogP contribution is -2.47. The first-order valence-corrected chi connectivity index (χ1v) is 9.33. The molecule has 2 rings (SSSR count). The highest BCUT2D eigenvalue weighted by Gasteiger charge is 2.49. The van der Waals surface area contributed by atoms with Crippen LogP contribution in [0.15, 0.2) is 17.5 Å². The van der Waals surface area contributed by atoms with Crippen molar-refractivity contribution in [3.8, 4) is 0 Å². The Balaban J connectivity index is 1.96. The van der Waals surface area contributed by atoms with E-state index in [4.69, 9.17) is 0 Å². The number of hydrogen-bond acceptors (Lipinski definition) is 5. The summed E-state index contributed by atoms with van der Waals surface area (Å²) in [6.45, 7) is 3.88. The molecule has 1 aromatic heterocycles. The third-order valence-electron chi connectivity index (χ3n) is 4.74. The monoisotopic (exact) mass is 366 g/mol. The second-order valence-corrected chi connectivity index (χ2v) is 7.39. The first-order chi connectivity index (χ1) is 11.8. The van der Waals surface area contributed by atoms with E-state index in [2.05, 4.69) is 10.6 Å². The van der Waals surface area contributed by atoms with Crippen LogP contribution in [-0.2, 0) is 9.59 Å². The lowest BCUT2D eigenvalue weighted by molar-refractivity contribution is -0.135. The molecule has 0 bridgehead atoms. The molecule has 7 nitrogen and oxygen atoms in total. The van der Waals surface area contributed by atoms with Crippen molar-refractivity contribution >= 4 is 29.2 Å². The Morgan fingerprint density at radius 2 is 2.04 bits per heavy atom. The molecule has 0 aromatic carbocycles. The first-order valence-electron chi connectivity index (χ1n) is 8.45. The van der Waals surface area contributed by atoms with Gasteiger partial charge in [-0.05, 0) is 38.4 Å². The van der Waals surface area contributed by atoms with Crippen molar-refractivity contribution in [2.75, 3.05) is 27.2 Å². The van der Waals surface area contributed by atoms with Crippen LogP contribution in [0.5, 0.6) is 0 Å². The molecule has 8 heteroatoms. The van der Waals surface area contributed by atoms with Gasteiger partial charge in [-0.25, -0.2) is 4.79 Å². The Morgan fingerprint density at radius 3 is 2.52 bits per heavy atom. The number of imide groups is 1. The van der Waals surface area contributed by atoms with Gasteiger partial charge in [0.2, 0.25) is 5.91 Å².